The molecule has 0 spiro atoms. The molecule has 3 N–H and O–H groups in total. The molecule has 0 aromatic heterocycles. The Morgan fingerprint density at radius 2 is 0.860 bits per heavy atom. The van der Waals surface area contributed by atoms with Gasteiger partial charge in [-0.3, -0.25) is 18.6 Å². The number of unbranched alkanes of at least 4 members (excludes halogenated alkanes) is 28. The van der Waals surface area contributed by atoms with E-state index in [4.69, 9.17) is 24.3 Å². The van der Waals surface area contributed by atoms with E-state index in [1.54, 1.807) is 0 Å². The molecule has 0 aliphatic rings. The summed E-state index contributed by atoms with van der Waals surface area (Å²) >= 11 is 0. The van der Waals surface area contributed by atoms with Crippen LogP contribution in [0.1, 0.15) is 232 Å². The van der Waals surface area contributed by atoms with Crippen LogP contribution in [0.4, 0.5) is 0 Å². The van der Waals surface area contributed by atoms with E-state index in [0.29, 0.717) is 6.42 Å². The van der Waals surface area contributed by atoms with E-state index in [2.05, 4.69) is 38.2 Å². The minimum absolute atomic E-state index is 0.0532. The Balaban J connectivity index is 4.08. The monoisotopic (exact) mass is 828 g/mol. The van der Waals surface area contributed by atoms with Crippen molar-refractivity contribution in [3.63, 3.8) is 0 Å². The zero-order valence-corrected chi connectivity index (χ0v) is 38.0. The Morgan fingerprint density at radius 3 is 1.25 bits per heavy atom. The highest BCUT2D eigenvalue weighted by Crippen LogP contribution is 2.43. The maximum atomic E-state index is 12.6. The van der Waals surface area contributed by atoms with Crippen LogP contribution in [0.15, 0.2) is 24.3 Å². The first kappa shape index (κ1) is 55.5. The van der Waals surface area contributed by atoms with Crippen molar-refractivity contribution < 1.29 is 37.6 Å². The van der Waals surface area contributed by atoms with Gasteiger partial charge in [0.15, 0.2) is 6.10 Å². The number of phosphoric ester groups is 1. The lowest BCUT2D eigenvalue weighted by Crippen LogP contribution is -2.29. The smallest absolute Gasteiger partial charge is 0.462 e. The topological polar surface area (TPSA) is 134 Å². The molecule has 0 fully saturated rings. The fourth-order valence-corrected chi connectivity index (χ4v) is 7.51. The summed E-state index contributed by atoms with van der Waals surface area (Å²) in [5, 5.41) is 0. The van der Waals surface area contributed by atoms with Crippen LogP contribution in [0.3, 0.4) is 0 Å². The van der Waals surface area contributed by atoms with Gasteiger partial charge in [0.1, 0.15) is 6.61 Å². The largest absolute Gasteiger partial charge is 0.472 e. The molecule has 0 saturated heterocycles. The first-order valence-corrected chi connectivity index (χ1v) is 25.3. The summed E-state index contributed by atoms with van der Waals surface area (Å²) in [5.74, 6) is -0.833. The highest BCUT2D eigenvalue weighted by atomic mass is 31.2. The van der Waals surface area contributed by atoms with Crippen molar-refractivity contribution in [3.8, 4) is 0 Å². The molecular formula is C47H90NO8P. The van der Waals surface area contributed by atoms with Gasteiger partial charge in [-0.15, -0.1) is 0 Å². The summed E-state index contributed by atoms with van der Waals surface area (Å²) in [5.41, 5.74) is 5.36. The number of phosphoric acid groups is 1. The van der Waals surface area contributed by atoms with Gasteiger partial charge < -0.3 is 20.1 Å². The lowest BCUT2D eigenvalue weighted by atomic mass is 10.1. The molecule has 0 aromatic carbocycles. The number of nitrogens with two attached hydrogens (primary N) is 1. The zero-order valence-electron chi connectivity index (χ0n) is 37.1. The number of hydrogen-bond acceptors (Lipinski definition) is 8. The molecule has 0 bridgehead atoms. The standard InChI is InChI=1S/C47H90NO8P/c1-3-5-7-9-11-13-15-17-19-20-21-22-23-24-26-28-30-32-34-36-38-40-47(50)56-45(44-55-57(51,52)54-42-41-48)43-53-46(49)39-37-35-33-31-29-27-25-18-16-14-12-10-8-6-4-2/h18,20-21,25,45H,3-17,19,22-24,26-44,48H2,1-2H3,(H,51,52)/b21-20-,25-18-. The van der Waals surface area contributed by atoms with Gasteiger partial charge in [0.2, 0.25) is 0 Å². The van der Waals surface area contributed by atoms with Crippen molar-refractivity contribution in [1.82, 2.24) is 0 Å². The number of allylic oxidation sites excluding steroid dienone is 4. The summed E-state index contributed by atoms with van der Waals surface area (Å²) in [6.45, 7) is 3.74. The van der Waals surface area contributed by atoms with Crippen LogP contribution in [0.25, 0.3) is 0 Å². The van der Waals surface area contributed by atoms with Crippen molar-refractivity contribution in [2.24, 2.45) is 5.73 Å². The maximum absolute atomic E-state index is 12.6. The van der Waals surface area contributed by atoms with Crippen molar-refractivity contribution >= 4 is 19.8 Å². The number of carbonyl (C=O) groups excluding carboxylic acids is 2. The van der Waals surface area contributed by atoms with Crippen molar-refractivity contribution in [3.05, 3.63) is 24.3 Å². The molecule has 0 aliphatic heterocycles. The SMILES string of the molecule is CCCCCCCC/C=C\CCCCCCCC(=O)OCC(COP(=O)(O)OCCN)OC(=O)CCCCCCCCCCC/C=C\CCCCCCCCCC. The quantitative estimate of drug-likeness (QED) is 0.0266. The third-order valence-corrected chi connectivity index (χ3v) is 11.3. The number of rotatable bonds is 45. The Labute approximate surface area is 351 Å². The fraction of sp³-hybridized carbons (Fsp3) is 0.872. The summed E-state index contributed by atoms with van der Waals surface area (Å²) in [6.07, 6.45) is 47.8. The van der Waals surface area contributed by atoms with Gasteiger partial charge in [-0.25, -0.2) is 4.57 Å². The fourth-order valence-electron chi connectivity index (χ4n) is 6.74. The molecule has 2 unspecified atom stereocenters. The van der Waals surface area contributed by atoms with Gasteiger partial charge in [0.25, 0.3) is 0 Å². The number of ether oxygens (including phenoxy) is 2. The molecule has 10 heteroatoms. The molecule has 2 atom stereocenters. The Kier molecular flexibility index (Phi) is 42.9. The van der Waals surface area contributed by atoms with Crippen LogP contribution in [-0.4, -0.2) is 49.3 Å². The van der Waals surface area contributed by atoms with Crippen molar-refractivity contribution in [2.75, 3.05) is 26.4 Å². The highest BCUT2D eigenvalue weighted by molar-refractivity contribution is 7.47. The van der Waals surface area contributed by atoms with Gasteiger partial charge in [-0.2, -0.15) is 0 Å². The lowest BCUT2D eigenvalue weighted by Gasteiger charge is -2.19. The van der Waals surface area contributed by atoms with E-state index < -0.39 is 26.5 Å². The predicted molar refractivity (Wildman–Crippen MR) is 238 cm³/mol. The normalized spacial score (nSPS) is 13.4. The van der Waals surface area contributed by atoms with Gasteiger partial charge in [0, 0.05) is 19.4 Å². The van der Waals surface area contributed by atoms with Crippen LogP contribution in [-0.2, 0) is 32.7 Å². The molecular weight excluding hydrogens is 737 g/mol. The second kappa shape index (κ2) is 44.1. The third kappa shape index (κ3) is 43.9. The third-order valence-electron chi connectivity index (χ3n) is 10.3. The Morgan fingerprint density at radius 1 is 0.509 bits per heavy atom. The lowest BCUT2D eigenvalue weighted by molar-refractivity contribution is -0.161. The summed E-state index contributed by atoms with van der Waals surface area (Å²) < 4.78 is 32.8. The molecule has 0 radical (unpaired) electrons. The molecule has 0 heterocycles. The number of carbonyl (C=O) groups is 2. The van der Waals surface area contributed by atoms with Crippen LogP contribution < -0.4 is 5.73 Å². The summed E-state index contributed by atoms with van der Waals surface area (Å²) in [4.78, 5) is 34.9. The second-order valence-corrected chi connectivity index (χ2v) is 17.4. The number of esters is 2. The van der Waals surface area contributed by atoms with E-state index in [1.807, 2.05) is 0 Å². The zero-order chi connectivity index (χ0) is 41.8. The molecule has 9 nitrogen and oxygen atoms in total. The van der Waals surface area contributed by atoms with Crippen LogP contribution >= 0.6 is 7.82 Å². The van der Waals surface area contributed by atoms with Gasteiger partial charge in [0.05, 0.1) is 13.2 Å². The first-order chi connectivity index (χ1) is 27.8. The van der Waals surface area contributed by atoms with E-state index in [0.717, 1.165) is 57.8 Å². The minimum Gasteiger partial charge on any atom is -0.462 e. The van der Waals surface area contributed by atoms with Crippen LogP contribution in [0.5, 0.6) is 0 Å². The van der Waals surface area contributed by atoms with Gasteiger partial charge in [-0.1, -0.05) is 179 Å². The van der Waals surface area contributed by atoms with E-state index >= 15 is 0 Å². The van der Waals surface area contributed by atoms with Crippen LogP contribution in [0, 0.1) is 0 Å². The van der Waals surface area contributed by atoms with Crippen molar-refractivity contribution in [1.29, 1.82) is 0 Å². The molecule has 57 heavy (non-hydrogen) atoms. The molecule has 0 aromatic rings. The second-order valence-electron chi connectivity index (χ2n) is 16.0. The average Bonchev–Trinajstić information content (AvgIpc) is 3.20. The molecule has 0 aliphatic carbocycles. The Bertz CT molecular complexity index is 990. The first-order valence-electron chi connectivity index (χ1n) is 23.8. The van der Waals surface area contributed by atoms with Crippen LogP contribution in [0.2, 0.25) is 0 Å². The summed E-state index contributed by atoms with van der Waals surface area (Å²) in [6, 6.07) is 0. The average molecular weight is 828 g/mol. The minimum atomic E-state index is -4.38. The summed E-state index contributed by atoms with van der Waals surface area (Å²) in [7, 11) is -4.38. The maximum Gasteiger partial charge on any atom is 0.472 e. The van der Waals surface area contributed by atoms with E-state index in [9.17, 15) is 19.0 Å². The van der Waals surface area contributed by atoms with Crippen molar-refractivity contribution in [2.45, 2.75) is 238 Å². The molecule has 0 rings (SSSR count). The van der Waals surface area contributed by atoms with E-state index in [1.165, 1.54) is 141 Å². The van der Waals surface area contributed by atoms with E-state index in [-0.39, 0.29) is 38.6 Å². The highest BCUT2D eigenvalue weighted by Gasteiger charge is 2.26. The Hall–Kier alpha value is -1.51. The molecule has 0 amide bonds. The predicted octanol–water partition coefficient (Wildman–Crippen LogP) is 13.9. The van der Waals surface area contributed by atoms with Gasteiger partial charge in [-0.05, 0) is 64.2 Å². The van der Waals surface area contributed by atoms with Gasteiger partial charge >= 0.3 is 19.8 Å². The molecule has 336 valence electrons. The number of hydrogen-bond donors (Lipinski definition) is 2. The molecule has 0 saturated carbocycles.